The summed E-state index contributed by atoms with van der Waals surface area (Å²) in [7, 11) is 2.02. The quantitative estimate of drug-likeness (QED) is 0.652. The van der Waals surface area contributed by atoms with Crippen LogP contribution in [0, 0.1) is 0 Å². The SMILES string of the molecule is CNC(CSc1cccc(Br)c1)Cc1cn2ccsc2n1. The number of benzene rings is 1. The Labute approximate surface area is 140 Å². The normalized spacial score (nSPS) is 12.9. The van der Waals surface area contributed by atoms with E-state index in [1.807, 2.05) is 18.8 Å². The van der Waals surface area contributed by atoms with Crippen molar-refractivity contribution in [1.29, 1.82) is 0 Å². The van der Waals surface area contributed by atoms with E-state index in [1.165, 1.54) is 4.90 Å². The van der Waals surface area contributed by atoms with Crippen LogP contribution in [0.15, 0.2) is 51.4 Å². The van der Waals surface area contributed by atoms with Gasteiger partial charge in [-0.15, -0.1) is 23.1 Å². The van der Waals surface area contributed by atoms with Gasteiger partial charge in [0.25, 0.3) is 0 Å². The highest BCUT2D eigenvalue weighted by atomic mass is 79.9. The third-order valence-electron chi connectivity index (χ3n) is 3.25. The van der Waals surface area contributed by atoms with Crippen LogP contribution in [0.5, 0.6) is 0 Å². The summed E-state index contributed by atoms with van der Waals surface area (Å²) in [4.78, 5) is 7.01. The van der Waals surface area contributed by atoms with Gasteiger partial charge in [0, 0.05) is 45.4 Å². The van der Waals surface area contributed by atoms with E-state index in [9.17, 15) is 0 Å². The molecular weight excluding hydrogens is 366 g/mol. The topological polar surface area (TPSA) is 29.3 Å². The first-order valence-electron chi connectivity index (χ1n) is 6.71. The van der Waals surface area contributed by atoms with Gasteiger partial charge >= 0.3 is 0 Å². The van der Waals surface area contributed by atoms with E-state index >= 15 is 0 Å². The molecule has 0 bridgehead atoms. The fraction of sp³-hybridized carbons (Fsp3) is 0.267. The van der Waals surface area contributed by atoms with Crippen LogP contribution in [-0.4, -0.2) is 28.2 Å². The second kappa shape index (κ2) is 6.96. The van der Waals surface area contributed by atoms with Crippen molar-refractivity contribution in [3.8, 4) is 0 Å². The molecule has 0 aliphatic carbocycles. The van der Waals surface area contributed by atoms with Crippen LogP contribution >= 0.6 is 39.0 Å². The van der Waals surface area contributed by atoms with Crippen LogP contribution in [0.1, 0.15) is 5.69 Å². The van der Waals surface area contributed by atoms with Crippen LogP contribution in [0.3, 0.4) is 0 Å². The van der Waals surface area contributed by atoms with Gasteiger partial charge in [0.15, 0.2) is 4.96 Å². The number of halogens is 1. The summed E-state index contributed by atoms with van der Waals surface area (Å²) in [5.74, 6) is 1.03. The van der Waals surface area contributed by atoms with E-state index < -0.39 is 0 Å². The molecule has 110 valence electrons. The Morgan fingerprint density at radius 2 is 2.38 bits per heavy atom. The average Bonchev–Trinajstić information content (AvgIpc) is 3.04. The van der Waals surface area contributed by atoms with Crippen LogP contribution in [-0.2, 0) is 6.42 Å². The number of rotatable bonds is 6. The Balaban J connectivity index is 1.61. The van der Waals surface area contributed by atoms with Gasteiger partial charge in [-0.2, -0.15) is 0 Å². The number of aromatic nitrogens is 2. The molecule has 0 saturated heterocycles. The molecule has 21 heavy (non-hydrogen) atoms. The van der Waals surface area contributed by atoms with E-state index in [0.29, 0.717) is 6.04 Å². The Bertz CT molecular complexity index is 694. The summed E-state index contributed by atoms with van der Waals surface area (Å²) < 4.78 is 3.22. The Hall–Kier alpha value is -0.820. The molecule has 1 atom stereocenters. The van der Waals surface area contributed by atoms with Gasteiger partial charge in [0.05, 0.1) is 5.69 Å². The maximum Gasteiger partial charge on any atom is 0.193 e. The highest BCUT2D eigenvalue weighted by Gasteiger charge is 2.11. The molecule has 6 heteroatoms. The van der Waals surface area contributed by atoms with E-state index in [0.717, 1.165) is 27.3 Å². The number of likely N-dealkylation sites (N-methyl/N-ethyl adjacent to an activating group) is 1. The van der Waals surface area contributed by atoms with Gasteiger partial charge in [-0.25, -0.2) is 4.98 Å². The van der Waals surface area contributed by atoms with Crippen LogP contribution in [0.4, 0.5) is 0 Å². The van der Waals surface area contributed by atoms with Crippen LogP contribution in [0.25, 0.3) is 4.96 Å². The molecule has 0 spiro atoms. The van der Waals surface area contributed by atoms with Crippen molar-refractivity contribution in [3.63, 3.8) is 0 Å². The number of fused-ring (bicyclic) bond motifs is 1. The third-order valence-corrected chi connectivity index (χ3v) is 5.67. The molecule has 0 aliphatic rings. The van der Waals surface area contributed by atoms with Crippen molar-refractivity contribution in [2.24, 2.45) is 0 Å². The zero-order valence-corrected chi connectivity index (χ0v) is 14.8. The lowest BCUT2D eigenvalue weighted by Crippen LogP contribution is -2.30. The lowest BCUT2D eigenvalue weighted by molar-refractivity contribution is 0.611. The molecule has 0 radical (unpaired) electrons. The van der Waals surface area contributed by atoms with Crippen molar-refractivity contribution in [2.75, 3.05) is 12.8 Å². The Morgan fingerprint density at radius 1 is 1.48 bits per heavy atom. The third kappa shape index (κ3) is 3.88. The van der Waals surface area contributed by atoms with E-state index in [4.69, 9.17) is 0 Å². The molecule has 0 fully saturated rings. The van der Waals surface area contributed by atoms with Gasteiger partial charge < -0.3 is 5.32 Å². The predicted molar refractivity (Wildman–Crippen MR) is 94.5 cm³/mol. The largest absolute Gasteiger partial charge is 0.316 e. The maximum absolute atomic E-state index is 4.65. The molecule has 0 saturated carbocycles. The van der Waals surface area contributed by atoms with Crippen molar-refractivity contribution in [3.05, 3.63) is 52.2 Å². The van der Waals surface area contributed by atoms with Crippen molar-refractivity contribution < 1.29 is 0 Å². The lowest BCUT2D eigenvalue weighted by atomic mass is 10.2. The lowest BCUT2D eigenvalue weighted by Gasteiger charge is -2.14. The fourth-order valence-electron chi connectivity index (χ4n) is 2.12. The average molecular weight is 382 g/mol. The summed E-state index contributed by atoms with van der Waals surface area (Å²) in [5.41, 5.74) is 1.15. The highest BCUT2D eigenvalue weighted by molar-refractivity contribution is 9.10. The molecule has 3 aromatic rings. The first-order chi connectivity index (χ1) is 10.2. The summed E-state index contributed by atoms with van der Waals surface area (Å²) >= 11 is 7.06. The van der Waals surface area contributed by atoms with Gasteiger partial charge in [-0.1, -0.05) is 22.0 Å². The van der Waals surface area contributed by atoms with Gasteiger partial charge in [0.2, 0.25) is 0 Å². The second-order valence-electron chi connectivity index (χ2n) is 4.78. The number of hydrogen-bond donors (Lipinski definition) is 1. The van der Waals surface area contributed by atoms with Crippen LogP contribution < -0.4 is 5.32 Å². The first-order valence-corrected chi connectivity index (χ1v) is 9.37. The zero-order valence-electron chi connectivity index (χ0n) is 11.6. The highest BCUT2D eigenvalue weighted by Crippen LogP contribution is 2.23. The van der Waals surface area contributed by atoms with Gasteiger partial charge in [-0.3, -0.25) is 4.40 Å². The minimum absolute atomic E-state index is 0.415. The predicted octanol–water partition coefficient (Wildman–Crippen LogP) is 4.08. The molecular formula is C15H16BrN3S2. The number of nitrogens with zero attached hydrogens (tertiary/aromatic N) is 2. The molecule has 2 aromatic heterocycles. The summed E-state index contributed by atoms with van der Waals surface area (Å²) in [5, 5.41) is 5.45. The Kier molecular flexibility index (Phi) is 5.00. The molecule has 1 N–H and O–H groups in total. The zero-order chi connectivity index (χ0) is 14.7. The van der Waals surface area contributed by atoms with Crippen molar-refractivity contribution >= 4 is 44.0 Å². The molecule has 2 heterocycles. The maximum atomic E-state index is 4.65. The summed E-state index contributed by atoms with van der Waals surface area (Å²) in [6.07, 6.45) is 5.13. The van der Waals surface area contributed by atoms with E-state index in [1.54, 1.807) is 11.3 Å². The van der Waals surface area contributed by atoms with Crippen molar-refractivity contribution in [2.45, 2.75) is 17.4 Å². The molecule has 1 aromatic carbocycles. The number of hydrogen-bond acceptors (Lipinski definition) is 4. The molecule has 0 aliphatic heterocycles. The standard InChI is InChI=1S/C15H16BrN3S2/c1-17-13(10-21-14-4-2-3-11(16)7-14)8-12-9-19-5-6-20-15(19)18-12/h2-7,9,13,17H,8,10H2,1H3. The number of imidazole rings is 1. The van der Waals surface area contributed by atoms with Gasteiger partial charge in [-0.05, 0) is 25.2 Å². The fourth-order valence-corrected chi connectivity index (χ4v) is 4.46. The minimum atomic E-state index is 0.415. The molecule has 1 unspecified atom stereocenters. The molecule has 3 rings (SSSR count). The van der Waals surface area contributed by atoms with E-state index in [-0.39, 0.29) is 0 Å². The summed E-state index contributed by atoms with van der Waals surface area (Å²) in [6, 6.07) is 8.85. The van der Waals surface area contributed by atoms with Gasteiger partial charge in [0.1, 0.15) is 0 Å². The van der Waals surface area contributed by atoms with Crippen LogP contribution in [0.2, 0.25) is 0 Å². The molecule has 0 amide bonds. The first kappa shape index (κ1) is 15.1. The summed E-state index contributed by atoms with van der Waals surface area (Å²) in [6.45, 7) is 0. The minimum Gasteiger partial charge on any atom is -0.316 e. The van der Waals surface area contributed by atoms with Crippen molar-refractivity contribution in [1.82, 2.24) is 14.7 Å². The molecule has 3 nitrogen and oxygen atoms in total. The smallest absolute Gasteiger partial charge is 0.193 e. The second-order valence-corrected chi connectivity index (χ2v) is 7.67. The van der Waals surface area contributed by atoms with E-state index in [2.05, 4.69) is 72.7 Å². The Morgan fingerprint density at radius 3 is 3.14 bits per heavy atom. The number of nitrogens with one attached hydrogen (secondary N) is 1. The number of thiazole rings is 1. The number of thioether (sulfide) groups is 1. The monoisotopic (exact) mass is 381 g/mol.